The maximum atomic E-state index is 10.0. The summed E-state index contributed by atoms with van der Waals surface area (Å²) in [6.45, 7) is 2.04. The number of nitrogens with two attached hydrogens (primary N) is 1. The molecule has 1 rings (SSSR count). The van der Waals surface area contributed by atoms with Crippen LogP contribution in [0.5, 0.6) is 0 Å². The molecule has 0 saturated heterocycles. The van der Waals surface area contributed by atoms with E-state index >= 15 is 0 Å². The number of hydrogen-bond donors (Lipinski definition) is 2. The molecule has 0 spiro atoms. The normalized spacial score (nSPS) is 24.1. The van der Waals surface area contributed by atoms with Gasteiger partial charge in [-0.2, -0.15) is 0 Å². The average molecular weight is 241 g/mol. The maximum Gasteiger partial charge on any atom is 0.141 e. The molecule has 0 aliphatic heterocycles. The zero-order valence-electron chi connectivity index (χ0n) is 10.6. The highest BCUT2D eigenvalue weighted by Gasteiger charge is 2.22. The van der Waals surface area contributed by atoms with Crippen LogP contribution in [0.2, 0.25) is 0 Å². The summed E-state index contributed by atoms with van der Waals surface area (Å²) in [6, 6.07) is 0. The van der Waals surface area contributed by atoms with Crippen molar-refractivity contribution in [1.29, 1.82) is 0 Å². The van der Waals surface area contributed by atoms with E-state index in [1.54, 1.807) is 0 Å². The van der Waals surface area contributed by atoms with E-state index < -0.39 is 5.60 Å². The summed E-state index contributed by atoms with van der Waals surface area (Å²) in [6.07, 6.45) is 21.4. The van der Waals surface area contributed by atoms with Crippen LogP contribution >= 0.6 is 0 Å². The van der Waals surface area contributed by atoms with E-state index in [1.807, 2.05) is 55.5 Å². The number of aliphatic hydroxyl groups is 1. The summed E-state index contributed by atoms with van der Waals surface area (Å²) in [5.41, 5.74) is 6.29. The van der Waals surface area contributed by atoms with Crippen molar-refractivity contribution < 1.29 is 5.11 Å². The Balaban J connectivity index is 2.94. The van der Waals surface area contributed by atoms with Crippen molar-refractivity contribution in [2.45, 2.75) is 18.9 Å². The van der Waals surface area contributed by atoms with Crippen molar-refractivity contribution in [1.82, 2.24) is 0 Å². The molecule has 0 heterocycles. The Morgan fingerprint density at radius 3 is 2.61 bits per heavy atom. The molecule has 0 amide bonds. The molecule has 2 heteroatoms. The minimum Gasteiger partial charge on any atom is -0.376 e. The smallest absolute Gasteiger partial charge is 0.141 e. The first-order chi connectivity index (χ1) is 8.63. The van der Waals surface area contributed by atoms with Gasteiger partial charge in [0, 0.05) is 13.0 Å². The van der Waals surface area contributed by atoms with Crippen molar-refractivity contribution >= 4 is 0 Å². The standard InChI is InChI=1S/C16H19NO/c1-3-14-8-5-6-9-15(11-7-10-14)12-16(18,4-2)13-17/h2-3,5-11,18H,12-13,17H2,1H3/b8-5-,9-6?,10-7-,14-3+,15-11?. The van der Waals surface area contributed by atoms with Gasteiger partial charge in [0.05, 0.1) is 0 Å². The van der Waals surface area contributed by atoms with E-state index in [4.69, 9.17) is 12.2 Å². The van der Waals surface area contributed by atoms with Gasteiger partial charge in [0.1, 0.15) is 5.60 Å². The lowest BCUT2D eigenvalue weighted by Gasteiger charge is -2.20. The van der Waals surface area contributed by atoms with Crippen LogP contribution in [0.15, 0.2) is 59.8 Å². The molecule has 94 valence electrons. The first-order valence-corrected chi connectivity index (χ1v) is 5.92. The van der Waals surface area contributed by atoms with Gasteiger partial charge in [-0.25, -0.2) is 0 Å². The monoisotopic (exact) mass is 241 g/mol. The number of allylic oxidation sites excluding steroid dienone is 9. The van der Waals surface area contributed by atoms with Gasteiger partial charge < -0.3 is 10.8 Å². The number of terminal acetylenes is 1. The second-order valence-corrected chi connectivity index (χ2v) is 4.16. The largest absolute Gasteiger partial charge is 0.376 e. The highest BCUT2D eigenvalue weighted by molar-refractivity contribution is 5.39. The molecule has 0 aromatic rings. The highest BCUT2D eigenvalue weighted by Crippen LogP contribution is 2.17. The van der Waals surface area contributed by atoms with Gasteiger partial charge in [-0.1, -0.05) is 54.5 Å². The molecule has 2 nitrogen and oxygen atoms in total. The van der Waals surface area contributed by atoms with Crippen molar-refractivity contribution in [2.24, 2.45) is 5.73 Å². The van der Waals surface area contributed by atoms with Crippen LogP contribution in [0.3, 0.4) is 0 Å². The Kier molecular flexibility index (Phi) is 5.38. The Morgan fingerprint density at radius 1 is 1.33 bits per heavy atom. The summed E-state index contributed by atoms with van der Waals surface area (Å²) in [5, 5.41) is 10.0. The van der Waals surface area contributed by atoms with Gasteiger partial charge in [-0.15, -0.1) is 6.42 Å². The minimum atomic E-state index is -1.27. The quantitative estimate of drug-likeness (QED) is 0.744. The molecule has 1 atom stereocenters. The van der Waals surface area contributed by atoms with Crippen LogP contribution in [0.25, 0.3) is 0 Å². The molecule has 0 saturated carbocycles. The zero-order chi connectivity index (χ0) is 13.4. The first kappa shape index (κ1) is 14.2. The van der Waals surface area contributed by atoms with Crippen LogP contribution in [-0.4, -0.2) is 17.3 Å². The molecule has 0 aromatic carbocycles. The Labute approximate surface area is 109 Å². The van der Waals surface area contributed by atoms with Crippen LogP contribution in [0, 0.1) is 12.3 Å². The fourth-order valence-corrected chi connectivity index (χ4v) is 1.57. The molecule has 0 bridgehead atoms. The molecule has 1 aliphatic rings. The van der Waals surface area contributed by atoms with Crippen LogP contribution in [0.1, 0.15) is 13.3 Å². The SMILES string of the molecule is C#CC(O)(CN)CC1=C\C=C/C(=C/C)/C=C\C=C1. The van der Waals surface area contributed by atoms with Crippen molar-refractivity contribution in [2.75, 3.05) is 6.54 Å². The second-order valence-electron chi connectivity index (χ2n) is 4.16. The van der Waals surface area contributed by atoms with Crippen LogP contribution < -0.4 is 5.73 Å². The predicted molar refractivity (Wildman–Crippen MR) is 76.7 cm³/mol. The van der Waals surface area contributed by atoms with E-state index in [0.29, 0.717) is 6.42 Å². The molecule has 1 unspecified atom stereocenters. The third-order valence-corrected chi connectivity index (χ3v) is 2.75. The molecular formula is C16H19NO. The molecule has 0 fully saturated rings. The Bertz CT molecular complexity index is 472. The molecule has 3 N–H and O–H groups in total. The first-order valence-electron chi connectivity index (χ1n) is 5.92. The van der Waals surface area contributed by atoms with Crippen LogP contribution in [-0.2, 0) is 0 Å². The van der Waals surface area contributed by atoms with Gasteiger partial charge >= 0.3 is 0 Å². The van der Waals surface area contributed by atoms with Crippen molar-refractivity contribution in [3.8, 4) is 12.3 Å². The van der Waals surface area contributed by atoms with E-state index in [9.17, 15) is 5.11 Å². The molecule has 1 aliphatic carbocycles. The zero-order valence-corrected chi connectivity index (χ0v) is 10.6. The highest BCUT2D eigenvalue weighted by atomic mass is 16.3. The van der Waals surface area contributed by atoms with E-state index in [-0.39, 0.29) is 6.54 Å². The van der Waals surface area contributed by atoms with Crippen molar-refractivity contribution in [3.05, 3.63) is 59.8 Å². The maximum absolute atomic E-state index is 10.0. The van der Waals surface area contributed by atoms with Crippen LogP contribution in [0.4, 0.5) is 0 Å². The topological polar surface area (TPSA) is 46.2 Å². The summed E-state index contributed by atoms with van der Waals surface area (Å²) < 4.78 is 0. The number of rotatable bonds is 3. The van der Waals surface area contributed by atoms with Gasteiger partial charge in [0.2, 0.25) is 0 Å². The van der Waals surface area contributed by atoms with Gasteiger partial charge in [0.15, 0.2) is 0 Å². The summed E-state index contributed by atoms with van der Waals surface area (Å²) in [4.78, 5) is 0. The fourth-order valence-electron chi connectivity index (χ4n) is 1.57. The molecule has 18 heavy (non-hydrogen) atoms. The third-order valence-electron chi connectivity index (χ3n) is 2.75. The lowest BCUT2D eigenvalue weighted by molar-refractivity contribution is 0.112. The lowest BCUT2D eigenvalue weighted by Crippen LogP contribution is -2.36. The lowest BCUT2D eigenvalue weighted by atomic mass is 9.94. The Hall–Kier alpha value is -1.82. The Morgan fingerprint density at radius 2 is 2.00 bits per heavy atom. The predicted octanol–water partition coefficient (Wildman–Crippen LogP) is 2.25. The van der Waals surface area contributed by atoms with Gasteiger partial charge in [-0.05, 0) is 18.1 Å². The molecular weight excluding hydrogens is 222 g/mol. The summed E-state index contributed by atoms with van der Waals surface area (Å²) >= 11 is 0. The summed E-state index contributed by atoms with van der Waals surface area (Å²) in [7, 11) is 0. The van der Waals surface area contributed by atoms with Gasteiger partial charge in [-0.3, -0.25) is 0 Å². The van der Waals surface area contributed by atoms with E-state index in [1.165, 1.54) is 0 Å². The second kappa shape index (κ2) is 6.80. The summed E-state index contributed by atoms with van der Waals surface area (Å²) in [5.74, 6) is 2.35. The van der Waals surface area contributed by atoms with Crippen molar-refractivity contribution in [3.63, 3.8) is 0 Å². The minimum absolute atomic E-state index is 0.0499. The number of hydrogen-bond acceptors (Lipinski definition) is 2. The molecule has 0 radical (unpaired) electrons. The fraction of sp³-hybridized carbons (Fsp3) is 0.250. The van der Waals surface area contributed by atoms with E-state index in [2.05, 4.69) is 5.92 Å². The molecule has 0 aromatic heterocycles. The average Bonchev–Trinajstić information content (AvgIpc) is 2.50. The third kappa shape index (κ3) is 4.21. The van der Waals surface area contributed by atoms with E-state index in [0.717, 1.165) is 11.1 Å². The van der Waals surface area contributed by atoms with Gasteiger partial charge in [0.25, 0.3) is 0 Å².